The molecule has 2 rings (SSSR count). The molecular weight excluding hydrogens is 331 g/mol. The number of nitrogens with zero attached hydrogens (tertiary/aromatic N) is 1. The van der Waals surface area contributed by atoms with Crippen LogP contribution in [0.4, 0.5) is 18.9 Å². The third-order valence-corrected chi connectivity index (χ3v) is 3.75. The van der Waals surface area contributed by atoms with Crippen molar-refractivity contribution in [3.63, 3.8) is 0 Å². The molecule has 1 saturated heterocycles. The molecule has 2 N–H and O–H groups in total. The van der Waals surface area contributed by atoms with Crippen molar-refractivity contribution in [3.8, 4) is 0 Å². The smallest absolute Gasteiger partial charge is 0.325 e. The molecule has 1 aromatic rings. The fraction of sp³-hybridized carbons (Fsp3) is 0.533. The van der Waals surface area contributed by atoms with E-state index in [4.69, 9.17) is 0 Å². The molecule has 1 unspecified atom stereocenters. The van der Waals surface area contributed by atoms with Crippen LogP contribution in [0, 0.1) is 0 Å². The summed E-state index contributed by atoms with van der Waals surface area (Å²) in [7, 11) is 1.89. The van der Waals surface area contributed by atoms with E-state index >= 15 is 0 Å². The summed E-state index contributed by atoms with van der Waals surface area (Å²) in [5, 5.41) is 5.72. The Kier molecular flexibility index (Phi) is 7.31. The second-order valence-corrected chi connectivity index (χ2v) is 5.49. The Labute approximate surface area is 139 Å². The highest BCUT2D eigenvalue weighted by Gasteiger charge is 2.30. The highest BCUT2D eigenvalue weighted by molar-refractivity contribution is 5.92. The van der Waals surface area contributed by atoms with Gasteiger partial charge in [-0.3, -0.25) is 9.69 Å². The van der Waals surface area contributed by atoms with Crippen molar-refractivity contribution >= 4 is 24.0 Å². The van der Waals surface area contributed by atoms with Crippen molar-refractivity contribution in [2.45, 2.75) is 25.1 Å². The number of likely N-dealkylation sites (N-methyl/N-ethyl adjacent to an activating group) is 1. The number of benzene rings is 1. The molecule has 4 nitrogen and oxygen atoms in total. The summed E-state index contributed by atoms with van der Waals surface area (Å²) in [6, 6.07) is 5.04. The molecular formula is C15H21ClF3N3O. The Balaban J connectivity index is 0.00000264. The minimum atomic E-state index is -4.41. The summed E-state index contributed by atoms with van der Waals surface area (Å²) >= 11 is 0. The van der Waals surface area contributed by atoms with Gasteiger partial charge in [0.15, 0.2) is 0 Å². The minimum absolute atomic E-state index is 0. The van der Waals surface area contributed by atoms with Gasteiger partial charge in [-0.15, -0.1) is 12.4 Å². The average molecular weight is 352 g/mol. The van der Waals surface area contributed by atoms with E-state index in [0.29, 0.717) is 6.04 Å². The Morgan fingerprint density at radius 1 is 1.39 bits per heavy atom. The van der Waals surface area contributed by atoms with Crippen molar-refractivity contribution in [1.82, 2.24) is 10.2 Å². The first-order valence-corrected chi connectivity index (χ1v) is 7.25. The number of halogens is 4. The monoisotopic (exact) mass is 351 g/mol. The third kappa shape index (κ3) is 6.01. The first-order chi connectivity index (χ1) is 10.4. The highest BCUT2D eigenvalue weighted by Crippen LogP contribution is 2.30. The topological polar surface area (TPSA) is 44.4 Å². The highest BCUT2D eigenvalue weighted by atomic mass is 35.5. The van der Waals surface area contributed by atoms with E-state index in [1.165, 1.54) is 12.1 Å². The van der Waals surface area contributed by atoms with Gasteiger partial charge in [-0.25, -0.2) is 0 Å². The number of hydrogen-bond acceptors (Lipinski definition) is 3. The molecule has 0 radical (unpaired) electrons. The third-order valence-electron chi connectivity index (χ3n) is 3.75. The van der Waals surface area contributed by atoms with Crippen LogP contribution in [-0.2, 0) is 11.0 Å². The van der Waals surface area contributed by atoms with Crippen molar-refractivity contribution in [2.75, 3.05) is 32.0 Å². The molecule has 0 saturated carbocycles. The number of likely N-dealkylation sites (tertiary alicyclic amines) is 1. The van der Waals surface area contributed by atoms with Crippen LogP contribution in [0.25, 0.3) is 0 Å². The van der Waals surface area contributed by atoms with Gasteiger partial charge in [-0.05, 0) is 44.6 Å². The lowest BCUT2D eigenvalue weighted by atomic mass is 10.1. The van der Waals surface area contributed by atoms with Crippen molar-refractivity contribution < 1.29 is 18.0 Å². The maximum Gasteiger partial charge on any atom is 0.416 e. The molecule has 1 heterocycles. The fourth-order valence-electron chi connectivity index (χ4n) is 2.61. The van der Waals surface area contributed by atoms with Crippen LogP contribution < -0.4 is 10.6 Å². The number of amides is 1. The van der Waals surface area contributed by atoms with Gasteiger partial charge in [0.1, 0.15) is 0 Å². The van der Waals surface area contributed by atoms with Crippen LogP contribution in [0.2, 0.25) is 0 Å². The van der Waals surface area contributed by atoms with Gasteiger partial charge in [0.05, 0.1) is 12.1 Å². The number of rotatable bonds is 4. The molecule has 1 aliphatic rings. The number of piperidine rings is 1. The average Bonchev–Trinajstić information content (AvgIpc) is 2.46. The molecule has 23 heavy (non-hydrogen) atoms. The van der Waals surface area contributed by atoms with Gasteiger partial charge < -0.3 is 10.6 Å². The molecule has 130 valence electrons. The standard InChI is InChI=1S/C15H20F3N3O.ClH/c1-19-13-6-3-7-21(9-13)10-14(22)20-12-5-2-4-11(8-12)15(16,17)18;/h2,4-5,8,13,19H,3,6-7,9-10H2,1H3,(H,20,22);1H. The summed E-state index contributed by atoms with van der Waals surface area (Å²) in [6.07, 6.45) is -2.34. The summed E-state index contributed by atoms with van der Waals surface area (Å²) in [5.74, 6) is -0.295. The van der Waals surface area contributed by atoms with Crippen molar-refractivity contribution in [1.29, 1.82) is 0 Å². The van der Waals surface area contributed by atoms with E-state index < -0.39 is 11.7 Å². The zero-order chi connectivity index (χ0) is 16.2. The zero-order valence-corrected chi connectivity index (χ0v) is 13.6. The predicted octanol–water partition coefficient (Wildman–Crippen LogP) is 2.75. The number of hydrogen-bond donors (Lipinski definition) is 2. The number of alkyl halides is 3. The molecule has 1 atom stereocenters. The van der Waals surface area contributed by atoms with Crippen molar-refractivity contribution in [2.24, 2.45) is 0 Å². The Hall–Kier alpha value is -1.31. The zero-order valence-electron chi connectivity index (χ0n) is 12.8. The molecule has 0 aromatic heterocycles. The quantitative estimate of drug-likeness (QED) is 0.876. The van der Waals surface area contributed by atoms with Crippen LogP contribution in [0.5, 0.6) is 0 Å². The van der Waals surface area contributed by atoms with Crippen LogP contribution >= 0.6 is 12.4 Å². The normalized spacial score (nSPS) is 19.0. The fourth-order valence-corrected chi connectivity index (χ4v) is 2.61. The number of carbonyl (C=O) groups excluding carboxylic acids is 1. The van der Waals surface area contributed by atoms with Crippen LogP contribution in [0.1, 0.15) is 18.4 Å². The molecule has 0 aliphatic carbocycles. The van der Waals surface area contributed by atoms with Crippen LogP contribution in [0.15, 0.2) is 24.3 Å². The Bertz CT molecular complexity index is 525. The van der Waals surface area contributed by atoms with Gasteiger partial charge in [-0.1, -0.05) is 6.07 Å². The van der Waals surface area contributed by atoms with E-state index in [9.17, 15) is 18.0 Å². The Morgan fingerprint density at radius 3 is 2.78 bits per heavy atom. The van der Waals surface area contributed by atoms with Crippen LogP contribution in [-0.4, -0.2) is 43.5 Å². The number of nitrogens with one attached hydrogen (secondary N) is 2. The van der Waals surface area contributed by atoms with Gasteiger partial charge in [0.2, 0.25) is 5.91 Å². The Morgan fingerprint density at radius 2 is 2.13 bits per heavy atom. The number of carbonyl (C=O) groups is 1. The van der Waals surface area contributed by atoms with Gasteiger partial charge in [0, 0.05) is 18.3 Å². The summed E-state index contributed by atoms with van der Waals surface area (Å²) in [5.41, 5.74) is -0.597. The van der Waals surface area contributed by atoms with E-state index in [1.807, 2.05) is 11.9 Å². The summed E-state index contributed by atoms with van der Waals surface area (Å²) < 4.78 is 37.9. The lowest BCUT2D eigenvalue weighted by molar-refractivity contribution is -0.137. The molecule has 1 aliphatic heterocycles. The molecule has 8 heteroatoms. The van der Waals surface area contributed by atoms with Crippen molar-refractivity contribution in [3.05, 3.63) is 29.8 Å². The lowest BCUT2D eigenvalue weighted by Crippen LogP contribution is -2.46. The van der Waals surface area contributed by atoms with Gasteiger partial charge in [-0.2, -0.15) is 13.2 Å². The lowest BCUT2D eigenvalue weighted by Gasteiger charge is -2.31. The van der Waals surface area contributed by atoms with E-state index in [-0.39, 0.29) is 30.5 Å². The molecule has 1 aromatic carbocycles. The van der Waals surface area contributed by atoms with Gasteiger partial charge in [0.25, 0.3) is 0 Å². The molecule has 1 fully saturated rings. The molecule has 1 amide bonds. The first-order valence-electron chi connectivity index (χ1n) is 7.25. The van der Waals surface area contributed by atoms with E-state index in [2.05, 4.69) is 10.6 Å². The largest absolute Gasteiger partial charge is 0.416 e. The van der Waals surface area contributed by atoms with Crippen LogP contribution in [0.3, 0.4) is 0 Å². The molecule has 0 bridgehead atoms. The maximum absolute atomic E-state index is 12.6. The maximum atomic E-state index is 12.6. The minimum Gasteiger partial charge on any atom is -0.325 e. The first kappa shape index (κ1) is 19.7. The second-order valence-electron chi connectivity index (χ2n) is 5.49. The van der Waals surface area contributed by atoms with Gasteiger partial charge >= 0.3 is 6.18 Å². The van der Waals surface area contributed by atoms with E-state index in [0.717, 1.165) is 38.1 Å². The number of anilines is 1. The summed E-state index contributed by atoms with van der Waals surface area (Å²) in [4.78, 5) is 14.0. The predicted molar refractivity (Wildman–Crippen MR) is 85.8 cm³/mol. The SMILES string of the molecule is CNC1CCCN(CC(=O)Nc2cccc(C(F)(F)F)c2)C1.Cl. The molecule has 0 spiro atoms. The van der Waals surface area contributed by atoms with E-state index in [1.54, 1.807) is 0 Å². The summed E-state index contributed by atoms with van der Waals surface area (Å²) in [6.45, 7) is 1.79. The second kappa shape index (κ2) is 8.52.